The predicted octanol–water partition coefficient (Wildman–Crippen LogP) is 1.06. The van der Waals surface area contributed by atoms with E-state index in [4.69, 9.17) is 14.2 Å². The average molecular weight is 609 g/mol. The second-order valence-electron chi connectivity index (χ2n) is 10.4. The van der Waals surface area contributed by atoms with Crippen LogP contribution in [0.25, 0.3) is 6.08 Å². The summed E-state index contributed by atoms with van der Waals surface area (Å²) in [6, 6.07) is 9.00. The number of benzene rings is 2. The van der Waals surface area contributed by atoms with E-state index in [0.717, 1.165) is 43.2 Å². The molecule has 1 saturated heterocycles. The van der Waals surface area contributed by atoms with Crippen molar-refractivity contribution in [1.82, 2.24) is 4.57 Å². The van der Waals surface area contributed by atoms with Crippen molar-refractivity contribution in [2.75, 3.05) is 59.0 Å². The molecule has 0 radical (unpaired) electrons. The standard InChI is InChI=1S/C30H33N5O7S/c1-6-42-29(37)26-18(2)31-30-34(27(26)22-17-21(40-4)8-10-24(22)41-5)28(36)25(43-30)16-19-15-20(35(38)39)7-9-23(19)33-13-11-32(3)12-14-33/h7-10,15-17,27H,6,11-14H2,1-5H3/p+1/b25-16+/t27-/m0/s1. The number of quaternary nitrogens is 1. The van der Waals surface area contributed by atoms with Crippen molar-refractivity contribution in [3.8, 4) is 11.5 Å². The number of allylic oxidation sites excluding steroid dienone is 1. The number of nitro groups is 1. The Hall–Kier alpha value is -4.49. The number of carbonyl (C=O) groups is 1. The number of nitrogens with one attached hydrogen (secondary N) is 1. The van der Waals surface area contributed by atoms with E-state index >= 15 is 0 Å². The van der Waals surface area contributed by atoms with Gasteiger partial charge in [-0.05, 0) is 44.2 Å². The number of nitrogens with zero attached hydrogens (tertiary/aromatic N) is 4. The molecule has 3 heterocycles. The molecule has 12 nitrogen and oxygen atoms in total. The fourth-order valence-electron chi connectivity index (χ4n) is 5.47. The van der Waals surface area contributed by atoms with E-state index in [1.54, 1.807) is 44.2 Å². The molecule has 2 aromatic carbocycles. The van der Waals surface area contributed by atoms with Gasteiger partial charge in [-0.2, -0.15) is 0 Å². The lowest BCUT2D eigenvalue weighted by atomic mass is 9.94. The van der Waals surface area contributed by atoms with E-state index in [-0.39, 0.29) is 17.9 Å². The van der Waals surface area contributed by atoms with Crippen molar-refractivity contribution in [1.29, 1.82) is 0 Å². The second kappa shape index (κ2) is 12.4. The Morgan fingerprint density at radius 2 is 1.93 bits per heavy atom. The molecule has 0 aliphatic carbocycles. The summed E-state index contributed by atoms with van der Waals surface area (Å²) in [5.74, 6) is 0.382. The summed E-state index contributed by atoms with van der Waals surface area (Å²) in [6.45, 7) is 6.98. The summed E-state index contributed by atoms with van der Waals surface area (Å²) in [4.78, 5) is 47.4. The topological polar surface area (TPSA) is 130 Å². The van der Waals surface area contributed by atoms with Crippen LogP contribution in [0.4, 0.5) is 11.4 Å². The summed E-state index contributed by atoms with van der Waals surface area (Å²) in [5.41, 5.74) is 2.08. The minimum Gasteiger partial charge on any atom is -0.497 e. The van der Waals surface area contributed by atoms with Gasteiger partial charge in [0, 0.05) is 28.9 Å². The Balaban J connectivity index is 1.74. The molecule has 0 unspecified atom stereocenters. The van der Waals surface area contributed by atoms with E-state index in [1.165, 1.54) is 35.8 Å². The zero-order chi connectivity index (χ0) is 30.8. The number of ether oxygens (including phenoxy) is 3. The van der Waals surface area contributed by atoms with Crippen molar-refractivity contribution in [2.45, 2.75) is 19.9 Å². The van der Waals surface area contributed by atoms with Gasteiger partial charge in [-0.25, -0.2) is 9.79 Å². The van der Waals surface area contributed by atoms with Crippen LogP contribution in [-0.2, 0) is 9.53 Å². The molecule has 0 bridgehead atoms. The number of hydrogen-bond acceptors (Lipinski definition) is 10. The molecule has 0 saturated carbocycles. The third kappa shape index (κ3) is 5.77. The molecule has 43 heavy (non-hydrogen) atoms. The Morgan fingerprint density at radius 1 is 1.19 bits per heavy atom. The van der Waals surface area contributed by atoms with Gasteiger partial charge in [0.1, 0.15) is 17.5 Å². The molecule has 13 heteroatoms. The van der Waals surface area contributed by atoms with Crippen molar-refractivity contribution >= 4 is 34.8 Å². The van der Waals surface area contributed by atoms with Crippen LogP contribution in [0.5, 0.6) is 11.5 Å². The van der Waals surface area contributed by atoms with E-state index < -0.39 is 22.5 Å². The molecule has 226 valence electrons. The van der Waals surface area contributed by atoms with Gasteiger partial charge in [-0.1, -0.05) is 11.3 Å². The largest absolute Gasteiger partial charge is 0.497 e. The van der Waals surface area contributed by atoms with Crippen LogP contribution in [-0.4, -0.2) is 69.5 Å². The molecular weight excluding hydrogens is 574 g/mol. The Kier molecular flexibility index (Phi) is 8.64. The van der Waals surface area contributed by atoms with Gasteiger partial charge in [0.15, 0.2) is 4.80 Å². The lowest BCUT2D eigenvalue weighted by Crippen LogP contribution is -3.12. The highest BCUT2D eigenvalue weighted by Gasteiger charge is 2.35. The quantitative estimate of drug-likeness (QED) is 0.228. The highest BCUT2D eigenvalue weighted by atomic mass is 32.1. The molecule has 2 aliphatic heterocycles. The average Bonchev–Trinajstić information content (AvgIpc) is 3.30. The highest BCUT2D eigenvalue weighted by Crippen LogP contribution is 2.38. The highest BCUT2D eigenvalue weighted by molar-refractivity contribution is 7.07. The Bertz CT molecular complexity index is 1790. The second-order valence-corrected chi connectivity index (χ2v) is 11.4. The van der Waals surface area contributed by atoms with E-state index in [0.29, 0.717) is 37.7 Å². The number of thiazole rings is 1. The SMILES string of the molecule is CCOC(=O)C1=C(C)N=c2s/c(=C/c3cc([N+](=O)[O-])ccc3N3CC[NH+](C)CC3)c(=O)n2[C@H]1c1cc(OC)ccc1OC. The first-order chi connectivity index (χ1) is 20.7. The van der Waals surface area contributed by atoms with E-state index in [1.807, 2.05) is 0 Å². The van der Waals surface area contributed by atoms with Crippen LogP contribution in [0.1, 0.15) is 31.0 Å². The monoisotopic (exact) mass is 608 g/mol. The molecule has 1 fully saturated rings. The number of esters is 1. The Labute approximate surface area is 251 Å². The summed E-state index contributed by atoms with van der Waals surface area (Å²) >= 11 is 1.16. The maximum absolute atomic E-state index is 14.2. The first-order valence-electron chi connectivity index (χ1n) is 13.9. The first-order valence-corrected chi connectivity index (χ1v) is 14.7. The number of hydrogen-bond donors (Lipinski definition) is 1. The van der Waals surface area contributed by atoms with Gasteiger partial charge in [-0.3, -0.25) is 19.5 Å². The smallest absolute Gasteiger partial charge is 0.338 e. The van der Waals surface area contributed by atoms with Crippen molar-refractivity contribution in [3.05, 3.63) is 88.6 Å². The zero-order valence-corrected chi connectivity index (χ0v) is 25.5. The molecule has 3 aromatic rings. The van der Waals surface area contributed by atoms with Crippen LogP contribution in [0.3, 0.4) is 0 Å². The number of likely N-dealkylation sites (N-methyl/N-ethyl adjacent to an activating group) is 1. The van der Waals surface area contributed by atoms with Gasteiger partial charge in [0.2, 0.25) is 0 Å². The molecule has 1 N–H and O–H groups in total. The lowest BCUT2D eigenvalue weighted by molar-refractivity contribution is -0.880. The lowest BCUT2D eigenvalue weighted by Gasteiger charge is -2.32. The minimum atomic E-state index is -0.910. The third-order valence-electron chi connectivity index (χ3n) is 7.71. The number of piperazine rings is 1. The predicted molar refractivity (Wildman–Crippen MR) is 162 cm³/mol. The molecule has 1 atom stereocenters. The Morgan fingerprint density at radius 3 is 2.58 bits per heavy atom. The fraction of sp³-hybridized carbons (Fsp3) is 0.367. The number of anilines is 1. The van der Waals surface area contributed by atoms with Gasteiger partial charge in [-0.15, -0.1) is 0 Å². The summed E-state index contributed by atoms with van der Waals surface area (Å²) in [5, 5.41) is 11.7. The maximum atomic E-state index is 14.2. The first kappa shape index (κ1) is 30.0. The zero-order valence-electron chi connectivity index (χ0n) is 24.7. The van der Waals surface area contributed by atoms with Crippen LogP contribution in [0.15, 0.2) is 57.5 Å². The third-order valence-corrected chi connectivity index (χ3v) is 8.70. The number of nitro benzene ring substituents is 1. The number of aromatic nitrogens is 1. The van der Waals surface area contributed by atoms with Gasteiger partial charge >= 0.3 is 5.97 Å². The summed E-state index contributed by atoms with van der Waals surface area (Å²) in [6.07, 6.45) is 1.68. The molecule has 2 aliphatic rings. The molecule has 0 amide bonds. The van der Waals surface area contributed by atoms with Crippen molar-refractivity contribution < 1.29 is 28.8 Å². The van der Waals surface area contributed by atoms with Gasteiger partial charge in [0.05, 0.1) is 74.8 Å². The normalized spacial score (nSPS) is 17.4. The van der Waals surface area contributed by atoms with Gasteiger partial charge < -0.3 is 24.0 Å². The van der Waals surface area contributed by atoms with Crippen molar-refractivity contribution in [2.24, 2.45) is 4.99 Å². The van der Waals surface area contributed by atoms with E-state index in [2.05, 4.69) is 16.9 Å². The number of non-ortho nitro benzene ring substituents is 1. The number of methoxy groups -OCH3 is 2. The molecular formula is C30H34N5O7S+. The molecule has 0 spiro atoms. The van der Waals surface area contributed by atoms with Crippen LogP contribution in [0.2, 0.25) is 0 Å². The fourth-order valence-corrected chi connectivity index (χ4v) is 6.51. The molecule has 5 rings (SSSR count). The van der Waals surface area contributed by atoms with Crippen molar-refractivity contribution in [3.63, 3.8) is 0 Å². The van der Waals surface area contributed by atoms with Gasteiger partial charge in [0.25, 0.3) is 11.2 Å². The van der Waals surface area contributed by atoms with Crippen LogP contribution < -0.4 is 34.2 Å². The van der Waals surface area contributed by atoms with E-state index in [9.17, 15) is 19.7 Å². The maximum Gasteiger partial charge on any atom is 0.338 e. The number of rotatable bonds is 8. The number of carbonyl (C=O) groups excluding carboxylic acids is 1. The van der Waals surface area contributed by atoms with Crippen LogP contribution >= 0.6 is 11.3 Å². The summed E-state index contributed by atoms with van der Waals surface area (Å²) in [7, 11) is 5.18. The summed E-state index contributed by atoms with van der Waals surface area (Å²) < 4.78 is 18.3. The van der Waals surface area contributed by atoms with Crippen LogP contribution in [0, 0.1) is 10.1 Å². The minimum absolute atomic E-state index is 0.0676. The number of fused-ring (bicyclic) bond motifs is 1. The molecule has 1 aromatic heterocycles.